The van der Waals surface area contributed by atoms with Crippen LogP contribution in [0.3, 0.4) is 0 Å². The normalized spacial score (nSPS) is 55.3. The van der Waals surface area contributed by atoms with E-state index in [0.29, 0.717) is 12.2 Å². The second kappa shape index (κ2) is 1.72. The Morgan fingerprint density at radius 3 is 2.67 bits per heavy atom. The Kier molecular flexibility index (Phi) is 1.10. The van der Waals surface area contributed by atoms with E-state index in [1.807, 2.05) is 0 Å². The standard InChI is InChI=1S/C8H14O/c1-3-6-5(2)4-7-8(6)9-7/h5-8H,3-4H2,1-2H3/t5-,6+,7+,8-/m0/s1. The predicted molar refractivity (Wildman–Crippen MR) is 36.2 cm³/mol. The summed E-state index contributed by atoms with van der Waals surface area (Å²) in [7, 11) is 0. The molecule has 1 saturated carbocycles. The van der Waals surface area contributed by atoms with Gasteiger partial charge in [0.15, 0.2) is 0 Å². The fourth-order valence-corrected chi connectivity index (χ4v) is 2.22. The van der Waals surface area contributed by atoms with E-state index in [4.69, 9.17) is 4.74 Å². The number of fused-ring (bicyclic) bond motifs is 1. The molecule has 1 heterocycles. The van der Waals surface area contributed by atoms with Gasteiger partial charge in [0.05, 0.1) is 12.2 Å². The second-order valence-corrected chi connectivity index (χ2v) is 3.42. The maximum absolute atomic E-state index is 5.43. The Morgan fingerprint density at radius 2 is 2.33 bits per heavy atom. The molecule has 0 aromatic carbocycles. The van der Waals surface area contributed by atoms with Crippen molar-refractivity contribution in [1.82, 2.24) is 0 Å². The van der Waals surface area contributed by atoms with E-state index >= 15 is 0 Å². The fourth-order valence-electron chi connectivity index (χ4n) is 2.22. The first-order valence-corrected chi connectivity index (χ1v) is 3.98. The molecule has 0 radical (unpaired) electrons. The van der Waals surface area contributed by atoms with Gasteiger partial charge >= 0.3 is 0 Å². The van der Waals surface area contributed by atoms with Crippen molar-refractivity contribution in [3.05, 3.63) is 0 Å². The number of hydrogen-bond acceptors (Lipinski definition) is 1. The van der Waals surface area contributed by atoms with Gasteiger partial charge in [0.2, 0.25) is 0 Å². The monoisotopic (exact) mass is 126 g/mol. The zero-order chi connectivity index (χ0) is 6.43. The molecule has 4 atom stereocenters. The van der Waals surface area contributed by atoms with Crippen LogP contribution in [0.2, 0.25) is 0 Å². The summed E-state index contributed by atoms with van der Waals surface area (Å²) < 4.78 is 5.43. The zero-order valence-electron chi connectivity index (χ0n) is 6.13. The molecule has 1 saturated heterocycles. The lowest BCUT2D eigenvalue weighted by Gasteiger charge is -2.14. The summed E-state index contributed by atoms with van der Waals surface area (Å²) in [6, 6.07) is 0. The minimum absolute atomic E-state index is 0.671. The van der Waals surface area contributed by atoms with Gasteiger partial charge in [0.25, 0.3) is 0 Å². The number of rotatable bonds is 1. The number of hydrogen-bond donors (Lipinski definition) is 0. The molecule has 9 heavy (non-hydrogen) atoms. The van der Waals surface area contributed by atoms with Crippen molar-refractivity contribution in [2.24, 2.45) is 11.8 Å². The van der Waals surface area contributed by atoms with Gasteiger partial charge < -0.3 is 4.74 Å². The Hall–Kier alpha value is -0.0400. The van der Waals surface area contributed by atoms with Crippen molar-refractivity contribution >= 4 is 0 Å². The van der Waals surface area contributed by atoms with E-state index < -0.39 is 0 Å². The molecule has 0 spiro atoms. The third-order valence-corrected chi connectivity index (χ3v) is 2.85. The zero-order valence-corrected chi connectivity index (χ0v) is 6.13. The second-order valence-electron chi connectivity index (χ2n) is 3.42. The van der Waals surface area contributed by atoms with Crippen LogP contribution in [0.5, 0.6) is 0 Å². The van der Waals surface area contributed by atoms with Gasteiger partial charge in [0, 0.05) is 0 Å². The molecule has 0 N–H and O–H groups in total. The van der Waals surface area contributed by atoms with E-state index in [2.05, 4.69) is 13.8 Å². The molecule has 2 rings (SSSR count). The van der Waals surface area contributed by atoms with Crippen LogP contribution in [-0.4, -0.2) is 12.2 Å². The van der Waals surface area contributed by atoms with Gasteiger partial charge in [0.1, 0.15) is 0 Å². The maximum atomic E-state index is 5.43. The first-order chi connectivity index (χ1) is 4.33. The smallest absolute Gasteiger partial charge is 0.0872 e. The Balaban J connectivity index is 2.02. The predicted octanol–water partition coefficient (Wildman–Crippen LogP) is 1.82. The third kappa shape index (κ3) is 0.710. The summed E-state index contributed by atoms with van der Waals surface area (Å²) in [6.07, 6.45) is 3.97. The first-order valence-electron chi connectivity index (χ1n) is 3.98. The van der Waals surface area contributed by atoms with Gasteiger partial charge in [-0.2, -0.15) is 0 Å². The summed E-state index contributed by atoms with van der Waals surface area (Å²) in [5.74, 6) is 1.81. The highest BCUT2D eigenvalue weighted by atomic mass is 16.6. The molecule has 1 nitrogen and oxygen atoms in total. The molecule has 1 heteroatoms. The van der Waals surface area contributed by atoms with Crippen LogP contribution in [0, 0.1) is 11.8 Å². The minimum atomic E-state index is 0.671. The van der Waals surface area contributed by atoms with Gasteiger partial charge in [-0.3, -0.25) is 0 Å². The summed E-state index contributed by atoms with van der Waals surface area (Å²) in [5, 5.41) is 0. The van der Waals surface area contributed by atoms with Gasteiger partial charge in [-0.25, -0.2) is 0 Å². The largest absolute Gasteiger partial charge is 0.369 e. The van der Waals surface area contributed by atoms with Crippen molar-refractivity contribution in [1.29, 1.82) is 0 Å². The lowest BCUT2D eigenvalue weighted by Crippen LogP contribution is -2.10. The first kappa shape index (κ1) is 5.72. The molecular formula is C8H14O. The van der Waals surface area contributed by atoms with Crippen LogP contribution in [0.1, 0.15) is 26.7 Å². The number of epoxide rings is 1. The summed E-state index contributed by atoms with van der Waals surface area (Å²) in [4.78, 5) is 0. The van der Waals surface area contributed by atoms with Crippen molar-refractivity contribution < 1.29 is 4.74 Å². The van der Waals surface area contributed by atoms with E-state index in [1.165, 1.54) is 12.8 Å². The molecule has 1 aliphatic carbocycles. The molecule has 0 amide bonds. The lowest BCUT2D eigenvalue weighted by atomic mass is 9.95. The Labute approximate surface area is 56.4 Å². The molecule has 2 fully saturated rings. The minimum Gasteiger partial charge on any atom is -0.369 e. The van der Waals surface area contributed by atoms with Crippen LogP contribution in [0.4, 0.5) is 0 Å². The summed E-state index contributed by atoms with van der Waals surface area (Å²) >= 11 is 0. The summed E-state index contributed by atoms with van der Waals surface area (Å²) in [5.41, 5.74) is 0. The van der Waals surface area contributed by atoms with E-state index in [9.17, 15) is 0 Å². The quantitative estimate of drug-likeness (QED) is 0.488. The highest BCUT2D eigenvalue weighted by Crippen LogP contribution is 2.47. The molecule has 52 valence electrons. The van der Waals surface area contributed by atoms with E-state index in [1.54, 1.807) is 0 Å². The topological polar surface area (TPSA) is 12.5 Å². The third-order valence-electron chi connectivity index (χ3n) is 2.85. The molecule has 0 aromatic heterocycles. The average Bonchev–Trinajstić information content (AvgIpc) is 2.45. The lowest BCUT2D eigenvalue weighted by molar-refractivity contribution is 0.209. The van der Waals surface area contributed by atoms with E-state index in [0.717, 1.165) is 11.8 Å². The van der Waals surface area contributed by atoms with Crippen molar-refractivity contribution in [3.63, 3.8) is 0 Å². The van der Waals surface area contributed by atoms with Crippen LogP contribution < -0.4 is 0 Å². The molecule has 0 unspecified atom stereocenters. The van der Waals surface area contributed by atoms with Crippen LogP contribution in [0.25, 0.3) is 0 Å². The van der Waals surface area contributed by atoms with Crippen molar-refractivity contribution in [3.8, 4) is 0 Å². The van der Waals surface area contributed by atoms with Crippen molar-refractivity contribution in [2.45, 2.75) is 38.9 Å². The van der Waals surface area contributed by atoms with Crippen LogP contribution in [0.15, 0.2) is 0 Å². The fraction of sp³-hybridized carbons (Fsp3) is 1.00. The van der Waals surface area contributed by atoms with Gasteiger partial charge in [-0.05, 0) is 18.3 Å². The Bertz CT molecular complexity index is 120. The molecule has 1 aliphatic heterocycles. The Morgan fingerprint density at radius 1 is 1.56 bits per heavy atom. The molecule has 0 bridgehead atoms. The van der Waals surface area contributed by atoms with Crippen LogP contribution in [-0.2, 0) is 4.74 Å². The molecule has 2 aliphatic rings. The number of ether oxygens (including phenoxy) is 1. The van der Waals surface area contributed by atoms with Crippen molar-refractivity contribution in [2.75, 3.05) is 0 Å². The van der Waals surface area contributed by atoms with E-state index in [-0.39, 0.29) is 0 Å². The van der Waals surface area contributed by atoms with Gasteiger partial charge in [-0.15, -0.1) is 0 Å². The highest BCUT2D eigenvalue weighted by Gasteiger charge is 2.52. The molecule has 0 aromatic rings. The van der Waals surface area contributed by atoms with Crippen LogP contribution >= 0.6 is 0 Å². The maximum Gasteiger partial charge on any atom is 0.0872 e. The SMILES string of the molecule is CC[C@H]1[C@@H]2O[C@@H]2C[C@@H]1C. The highest BCUT2D eigenvalue weighted by molar-refractivity contribution is 5.00. The van der Waals surface area contributed by atoms with Gasteiger partial charge in [-0.1, -0.05) is 20.3 Å². The average molecular weight is 126 g/mol. The molecular weight excluding hydrogens is 112 g/mol. The summed E-state index contributed by atoms with van der Waals surface area (Å²) in [6.45, 7) is 4.62.